The number of anilines is 2. The highest BCUT2D eigenvalue weighted by molar-refractivity contribution is 6.04. The summed E-state index contributed by atoms with van der Waals surface area (Å²) in [6.07, 6.45) is 2.02. The van der Waals surface area contributed by atoms with Crippen molar-refractivity contribution < 1.29 is 18.7 Å². The van der Waals surface area contributed by atoms with Gasteiger partial charge in [0.2, 0.25) is 5.76 Å². The SMILES string of the molecule is Cc1ncoc1C(=O)Nc1cc2c(cc1N)OCCCO2. The van der Waals surface area contributed by atoms with E-state index in [0.717, 1.165) is 6.42 Å². The summed E-state index contributed by atoms with van der Waals surface area (Å²) in [5.74, 6) is 0.887. The van der Waals surface area contributed by atoms with Crippen LogP contribution in [0, 0.1) is 6.92 Å². The second-order valence-electron chi connectivity index (χ2n) is 4.66. The molecule has 0 unspecified atom stereocenters. The first-order valence-electron chi connectivity index (χ1n) is 6.55. The zero-order valence-corrected chi connectivity index (χ0v) is 11.5. The van der Waals surface area contributed by atoms with Crippen molar-refractivity contribution in [1.29, 1.82) is 0 Å². The molecule has 3 N–H and O–H groups in total. The lowest BCUT2D eigenvalue weighted by molar-refractivity contribution is 0.0996. The van der Waals surface area contributed by atoms with E-state index in [1.165, 1.54) is 6.39 Å². The number of rotatable bonds is 2. The van der Waals surface area contributed by atoms with Crippen molar-refractivity contribution in [1.82, 2.24) is 4.98 Å². The van der Waals surface area contributed by atoms with Crippen LogP contribution in [0.5, 0.6) is 11.5 Å². The van der Waals surface area contributed by atoms with Gasteiger partial charge in [0.05, 0.1) is 30.3 Å². The summed E-state index contributed by atoms with van der Waals surface area (Å²) in [5, 5.41) is 2.69. The van der Waals surface area contributed by atoms with Gasteiger partial charge in [-0.2, -0.15) is 0 Å². The molecular formula is C14H15N3O4. The normalized spacial score (nSPS) is 13.6. The first-order valence-corrected chi connectivity index (χ1v) is 6.55. The Labute approximate surface area is 121 Å². The van der Waals surface area contributed by atoms with Crippen LogP contribution in [0.3, 0.4) is 0 Å². The predicted molar refractivity (Wildman–Crippen MR) is 75.7 cm³/mol. The zero-order chi connectivity index (χ0) is 14.8. The van der Waals surface area contributed by atoms with Gasteiger partial charge in [0.25, 0.3) is 5.91 Å². The van der Waals surface area contributed by atoms with Gasteiger partial charge in [0.15, 0.2) is 17.9 Å². The molecule has 0 bridgehead atoms. The second kappa shape index (κ2) is 5.35. The van der Waals surface area contributed by atoms with E-state index in [2.05, 4.69) is 10.3 Å². The van der Waals surface area contributed by atoms with Crippen LogP contribution in [0.25, 0.3) is 0 Å². The first kappa shape index (κ1) is 13.3. The molecule has 0 spiro atoms. The summed E-state index contributed by atoms with van der Waals surface area (Å²) in [4.78, 5) is 16.0. The van der Waals surface area contributed by atoms with Gasteiger partial charge < -0.3 is 24.9 Å². The fourth-order valence-electron chi connectivity index (χ4n) is 2.03. The highest BCUT2D eigenvalue weighted by Crippen LogP contribution is 2.36. The van der Waals surface area contributed by atoms with Crippen LogP contribution in [0.1, 0.15) is 22.7 Å². The third-order valence-electron chi connectivity index (χ3n) is 3.12. The predicted octanol–water partition coefficient (Wildman–Crippen LogP) is 1.98. The fraction of sp³-hybridized carbons (Fsp3) is 0.286. The van der Waals surface area contributed by atoms with E-state index in [0.29, 0.717) is 41.8 Å². The van der Waals surface area contributed by atoms with Crippen LogP contribution in [0.2, 0.25) is 0 Å². The molecule has 21 heavy (non-hydrogen) atoms. The van der Waals surface area contributed by atoms with E-state index >= 15 is 0 Å². The molecule has 3 rings (SSSR count). The average Bonchev–Trinajstić information content (AvgIpc) is 2.75. The number of ether oxygens (including phenoxy) is 2. The number of nitrogen functional groups attached to an aromatic ring is 1. The average molecular weight is 289 g/mol. The molecule has 1 aliphatic heterocycles. The summed E-state index contributed by atoms with van der Waals surface area (Å²) < 4.78 is 16.2. The molecule has 110 valence electrons. The Bertz CT molecular complexity index is 681. The Hall–Kier alpha value is -2.70. The van der Waals surface area contributed by atoms with Gasteiger partial charge in [-0.05, 0) is 6.92 Å². The van der Waals surface area contributed by atoms with E-state index < -0.39 is 5.91 Å². The fourth-order valence-corrected chi connectivity index (χ4v) is 2.03. The molecule has 2 aromatic rings. The van der Waals surface area contributed by atoms with E-state index in [4.69, 9.17) is 19.6 Å². The third kappa shape index (κ3) is 2.62. The summed E-state index contributed by atoms with van der Waals surface area (Å²) in [7, 11) is 0. The molecular weight excluding hydrogens is 274 g/mol. The number of carbonyl (C=O) groups excluding carboxylic acids is 1. The van der Waals surface area contributed by atoms with Gasteiger partial charge in [0, 0.05) is 18.6 Å². The number of aryl methyl sites for hydroxylation is 1. The molecule has 1 aliphatic rings. The monoisotopic (exact) mass is 289 g/mol. The zero-order valence-electron chi connectivity index (χ0n) is 11.5. The van der Waals surface area contributed by atoms with Gasteiger partial charge in [0.1, 0.15) is 0 Å². The molecule has 1 aromatic heterocycles. The second-order valence-corrected chi connectivity index (χ2v) is 4.66. The van der Waals surface area contributed by atoms with E-state index in [9.17, 15) is 4.79 Å². The summed E-state index contributed by atoms with van der Waals surface area (Å²) in [5.41, 5.74) is 7.29. The Balaban J connectivity index is 1.87. The third-order valence-corrected chi connectivity index (χ3v) is 3.12. The highest BCUT2D eigenvalue weighted by Gasteiger charge is 2.18. The number of hydrogen-bond donors (Lipinski definition) is 2. The number of amides is 1. The van der Waals surface area contributed by atoms with Crippen molar-refractivity contribution in [2.45, 2.75) is 13.3 Å². The Morgan fingerprint density at radius 2 is 2.00 bits per heavy atom. The maximum absolute atomic E-state index is 12.1. The highest BCUT2D eigenvalue weighted by atomic mass is 16.5. The van der Waals surface area contributed by atoms with Gasteiger partial charge in [-0.15, -0.1) is 0 Å². The lowest BCUT2D eigenvalue weighted by Gasteiger charge is -2.12. The standard InChI is InChI=1S/C14H15N3O4/c1-8-13(21-7-16-8)14(18)17-10-6-12-11(5-9(10)15)19-3-2-4-20-12/h5-7H,2-4,15H2,1H3,(H,17,18). The number of fused-ring (bicyclic) bond motifs is 1. The molecule has 7 nitrogen and oxygen atoms in total. The maximum Gasteiger partial charge on any atom is 0.293 e. The van der Waals surface area contributed by atoms with Crippen LogP contribution in [-0.2, 0) is 0 Å². The molecule has 0 fully saturated rings. The molecule has 0 aliphatic carbocycles. The van der Waals surface area contributed by atoms with Crippen LogP contribution in [0.15, 0.2) is 22.9 Å². The lowest BCUT2D eigenvalue weighted by Crippen LogP contribution is -2.14. The van der Waals surface area contributed by atoms with Gasteiger partial charge >= 0.3 is 0 Å². The van der Waals surface area contributed by atoms with Crippen LogP contribution >= 0.6 is 0 Å². The van der Waals surface area contributed by atoms with Crippen molar-refractivity contribution in [3.05, 3.63) is 30.0 Å². The summed E-state index contributed by atoms with van der Waals surface area (Å²) in [6.45, 7) is 2.83. The van der Waals surface area contributed by atoms with Gasteiger partial charge in [-0.3, -0.25) is 4.79 Å². The molecule has 7 heteroatoms. The molecule has 1 amide bonds. The Morgan fingerprint density at radius 1 is 1.29 bits per heavy atom. The number of oxazole rings is 1. The molecule has 0 atom stereocenters. The number of benzene rings is 1. The minimum Gasteiger partial charge on any atom is -0.489 e. The molecule has 1 aromatic carbocycles. The molecule has 2 heterocycles. The number of aromatic nitrogens is 1. The number of nitrogens with zero attached hydrogens (tertiary/aromatic N) is 1. The minimum absolute atomic E-state index is 0.154. The van der Waals surface area contributed by atoms with Gasteiger partial charge in [-0.1, -0.05) is 0 Å². The number of carbonyl (C=O) groups is 1. The molecule has 0 saturated heterocycles. The van der Waals surface area contributed by atoms with Crippen molar-refractivity contribution in [3.8, 4) is 11.5 Å². The quantitative estimate of drug-likeness (QED) is 0.820. The van der Waals surface area contributed by atoms with Crippen molar-refractivity contribution in [2.75, 3.05) is 24.3 Å². The number of hydrogen-bond acceptors (Lipinski definition) is 6. The Kier molecular flexibility index (Phi) is 3.39. The van der Waals surface area contributed by atoms with Crippen molar-refractivity contribution >= 4 is 17.3 Å². The summed E-state index contributed by atoms with van der Waals surface area (Å²) >= 11 is 0. The minimum atomic E-state index is -0.411. The van der Waals surface area contributed by atoms with Crippen LogP contribution in [-0.4, -0.2) is 24.1 Å². The smallest absolute Gasteiger partial charge is 0.293 e. The van der Waals surface area contributed by atoms with E-state index in [1.807, 2.05) is 0 Å². The molecule has 0 saturated carbocycles. The Morgan fingerprint density at radius 3 is 2.67 bits per heavy atom. The van der Waals surface area contributed by atoms with Crippen LogP contribution < -0.4 is 20.5 Å². The van der Waals surface area contributed by atoms with Crippen molar-refractivity contribution in [3.63, 3.8) is 0 Å². The van der Waals surface area contributed by atoms with E-state index in [-0.39, 0.29) is 5.76 Å². The topological polar surface area (TPSA) is 99.6 Å². The first-order chi connectivity index (χ1) is 10.1. The largest absolute Gasteiger partial charge is 0.489 e. The number of nitrogens with one attached hydrogen (secondary N) is 1. The lowest BCUT2D eigenvalue weighted by atomic mass is 10.2. The summed E-state index contributed by atoms with van der Waals surface area (Å²) in [6, 6.07) is 3.29. The van der Waals surface area contributed by atoms with Crippen LogP contribution in [0.4, 0.5) is 11.4 Å². The van der Waals surface area contributed by atoms with Gasteiger partial charge in [-0.25, -0.2) is 4.98 Å². The molecule has 0 radical (unpaired) electrons. The van der Waals surface area contributed by atoms with Crippen molar-refractivity contribution in [2.24, 2.45) is 0 Å². The van der Waals surface area contributed by atoms with E-state index in [1.54, 1.807) is 19.1 Å². The maximum atomic E-state index is 12.1. The number of nitrogens with two attached hydrogens (primary N) is 1.